The summed E-state index contributed by atoms with van der Waals surface area (Å²) in [5.74, 6) is 0.0828. The van der Waals surface area contributed by atoms with Crippen molar-refractivity contribution in [3.8, 4) is 5.75 Å². The van der Waals surface area contributed by atoms with E-state index >= 15 is 0 Å². The maximum absolute atomic E-state index is 10.6. The van der Waals surface area contributed by atoms with E-state index in [9.17, 15) is 4.79 Å². The summed E-state index contributed by atoms with van der Waals surface area (Å²) >= 11 is 0. The van der Waals surface area contributed by atoms with E-state index in [1.165, 1.54) is 0 Å². The van der Waals surface area contributed by atoms with Gasteiger partial charge in [-0.15, -0.1) is 0 Å². The number of aliphatic carboxylic acids is 1. The molecule has 0 aliphatic carbocycles. The zero-order valence-corrected chi connectivity index (χ0v) is 11.4. The molecule has 3 nitrogen and oxygen atoms in total. The third-order valence-electron chi connectivity index (χ3n) is 3.05. The number of allylic oxidation sites excluding steroid dienone is 1. The van der Waals surface area contributed by atoms with Gasteiger partial charge in [0.1, 0.15) is 5.75 Å². The molecule has 1 N–H and O–H groups in total. The monoisotopic (exact) mass is 248 g/mol. The molecule has 18 heavy (non-hydrogen) atoms. The van der Waals surface area contributed by atoms with Gasteiger partial charge in [0.15, 0.2) is 0 Å². The van der Waals surface area contributed by atoms with E-state index in [1.54, 1.807) is 6.08 Å². The predicted octanol–water partition coefficient (Wildman–Crippen LogP) is 3.58. The molecule has 0 atom stereocenters. The first-order valence-electron chi connectivity index (χ1n) is 6.09. The van der Waals surface area contributed by atoms with E-state index in [4.69, 9.17) is 9.84 Å². The van der Waals surface area contributed by atoms with Crippen LogP contribution in [0.25, 0.3) is 5.57 Å². The van der Waals surface area contributed by atoms with Crippen LogP contribution in [0.1, 0.15) is 37.0 Å². The Morgan fingerprint density at radius 2 is 2.00 bits per heavy atom. The van der Waals surface area contributed by atoms with E-state index < -0.39 is 5.97 Å². The van der Waals surface area contributed by atoms with Crippen LogP contribution in [0, 0.1) is 13.8 Å². The lowest BCUT2D eigenvalue weighted by atomic mass is 9.96. The molecule has 0 unspecified atom stereocenters. The van der Waals surface area contributed by atoms with Crippen molar-refractivity contribution in [1.82, 2.24) is 0 Å². The summed E-state index contributed by atoms with van der Waals surface area (Å²) in [5, 5.41) is 8.68. The molecule has 0 bridgehead atoms. The maximum atomic E-state index is 10.6. The number of hydrogen-bond acceptors (Lipinski definition) is 2. The smallest absolute Gasteiger partial charge is 0.307 e. The van der Waals surface area contributed by atoms with E-state index in [-0.39, 0.29) is 6.42 Å². The molecule has 1 aromatic carbocycles. The Morgan fingerprint density at radius 1 is 1.33 bits per heavy atom. The van der Waals surface area contributed by atoms with Crippen molar-refractivity contribution in [2.45, 2.75) is 34.1 Å². The number of hydrogen-bond donors (Lipinski definition) is 1. The van der Waals surface area contributed by atoms with Crippen LogP contribution in [0.4, 0.5) is 0 Å². The minimum absolute atomic E-state index is 0.0531. The van der Waals surface area contributed by atoms with Crippen LogP contribution in [0.2, 0.25) is 0 Å². The van der Waals surface area contributed by atoms with E-state index in [0.29, 0.717) is 6.61 Å². The molecule has 0 aromatic heterocycles. The summed E-state index contributed by atoms with van der Waals surface area (Å²) in [5.41, 5.74) is 4.32. The summed E-state index contributed by atoms with van der Waals surface area (Å²) in [7, 11) is 0. The molecule has 98 valence electrons. The Labute approximate surface area is 108 Å². The maximum Gasteiger partial charge on any atom is 0.307 e. The molecule has 3 heteroatoms. The highest BCUT2D eigenvalue weighted by molar-refractivity contribution is 5.75. The van der Waals surface area contributed by atoms with Crippen molar-refractivity contribution >= 4 is 11.5 Å². The van der Waals surface area contributed by atoms with Crippen LogP contribution >= 0.6 is 0 Å². The minimum Gasteiger partial charge on any atom is -0.494 e. The minimum atomic E-state index is -0.810. The standard InChI is InChI=1S/C15H20O3/c1-5-18-14-8-7-13(11(3)12(14)4)10(2)6-9-15(16)17/h6-8H,5,9H2,1-4H3,(H,16,17)/b10-6+. The highest BCUT2D eigenvalue weighted by atomic mass is 16.5. The summed E-state index contributed by atoms with van der Waals surface area (Å²) < 4.78 is 5.54. The van der Waals surface area contributed by atoms with Gasteiger partial charge in [0.05, 0.1) is 13.0 Å². The van der Waals surface area contributed by atoms with Crippen LogP contribution in [-0.4, -0.2) is 17.7 Å². The van der Waals surface area contributed by atoms with Gasteiger partial charge in [0, 0.05) is 0 Å². The third kappa shape index (κ3) is 3.36. The second-order valence-corrected chi connectivity index (χ2v) is 4.28. The second kappa shape index (κ2) is 6.24. The van der Waals surface area contributed by atoms with E-state index in [0.717, 1.165) is 28.0 Å². The van der Waals surface area contributed by atoms with Crippen LogP contribution in [0.3, 0.4) is 0 Å². The highest BCUT2D eigenvalue weighted by Gasteiger charge is 2.08. The lowest BCUT2D eigenvalue weighted by Gasteiger charge is -2.14. The molecule has 0 aliphatic rings. The Balaban J connectivity index is 3.08. The molecule has 0 saturated heterocycles. The van der Waals surface area contributed by atoms with Crippen molar-refractivity contribution in [3.05, 3.63) is 34.9 Å². The SMILES string of the molecule is CCOc1ccc(/C(C)=C/CC(=O)O)c(C)c1C. The summed E-state index contributed by atoms with van der Waals surface area (Å²) in [6, 6.07) is 3.93. The van der Waals surface area contributed by atoms with Gasteiger partial charge < -0.3 is 9.84 Å². The Bertz CT molecular complexity index is 473. The summed E-state index contributed by atoms with van der Waals surface area (Å²) in [6.45, 7) is 8.60. The van der Waals surface area contributed by atoms with E-state index in [1.807, 2.05) is 39.8 Å². The van der Waals surface area contributed by atoms with Gasteiger partial charge in [-0.2, -0.15) is 0 Å². The topological polar surface area (TPSA) is 46.5 Å². The largest absolute Gasteiger partial charge is 0.494 e. The van der Waals surface area contributed by atoms with Crippen LogP contribution in [-0.2, 0) is 4.79 Å². The fraction of sp³-hybridized carbons (Fsp3) is 0.400. The molecule has 0 radical (unpaired) electrons. The number of carboxylic acid groups (broad SMARTS) is 1. The lowest BCUT2D eigenvalue weighted by molar-refractivity contribution is -0.135. The average molecular weight is 248 g/mol. The van der Waals surface area contributed by atoms with Crippen molar-refractivity contribution in [2.75, 3.05) is 6.61 Å². The quantitative estimate of drug-likeness (QED) is 0.866. The Morgan fingerprint density at radius 3 is 2.56 bits per heavy atom. The van der Waals surface area contributed by atoms with Gasteiger partial charge in [0.25, 0.3) is 0 Å². The van der Waals surface area contributed by atoms with Gasteiger partial charge >= 0.3 is 5.97 Å². The lowest BCUT2D eigenvalue weighted by Crippen LogP contribution is -1.98. The van der Waals surface area contributed by atoms with Gasteiger partial charge in [-0.05, 0) is 56.0 Å². The second-order valence-electron chi connectivity index (χ2n) is 4.28. The van der Waals surface area contributed by atoms with Crippen LogP contribution in [0.5, 0.6) is 5.75 Å². The van der Waals surface area contributed by atoms with Gasteiger partial charge in [-0.3, -0.25) is 4.79 Å². The predicted molar refractivity (Wildman–Crippen MR) is 73.0 cm³/mol. The number of benzene rings is 1. The first-order valence-corrected chi connectivity index (χ1v) is 6.09. The number of carbonyl (C=O) groups is 1. The molecular formula is C15H20O3. The average Bonchev–Trinajstić information content (AvgIpc) is 2.32. The fourth-order valence-electron chi connectivity index (χ4n) is 1.89. The van der Waals surface area contributed by atoms with Crippen molar-refractivity contribution < 1.29 is 14.6 Å². The molecule has 0 aliphatic heterocycles. The molecule has 1 rings (SSSR count). The normalized spacial score (nSPS) is 11.4. The fourth-order valence-corrected chi connectivity index (χ4v) is 1.89. The number of ether oxygens (including phenoxy) is 1. The van der Waals surface area contributed by atoms with Gasteiger partial charge in [-0.1, -0.05) is 12.1 Å². The van der Waals surface area contributed by atoms with Gasteiger partial charge in [-0.25, -0.2) is 0 Å². The van der Waals surface area contributed by atoms with Gasteiger partial charge in [0.2, 0.25) is 0 Å². The molecule has 0 saturated carbocycles. The highest BCUT2D eigenvalue weighted by Crippen LogP contribution is 2.28. The van der Waals surface area contributed by atoms with Crippen LogP contribution < -0.4 is 4.74 Å². The molecular weight excluding hydrogens is 228 g/mol. The van der Waals surface area contributed by atoms with Crippen molar-refractivity contribution in [1.29, 1.82) is 0 Å². The Hall–Kier alpha value is -1.77. The molecule has 0 fully saturated rings. The molecule has 1 aromatic rings. The summed E-state index contributed by atoms with van der Waals surface area (Å²) in [6.07, 6.45) is 1.79. The molecule has 0 spiro atoms. The Kier molecular flexibility index (Phi) is 4.95. The van der Waals surface area contributed by atoms with E-state index in [2.05, 4.69) is 0 Å². The third-order valence-corrected chi connectivity index (χ3v) is 3.05. The van der Waals surface area contributed by atoms with Crippen molar-refractivity contribution in [2.24, 2.45) is 0 Å². The molecule has 0 heterocycles. The first-order chi connectivity index (χ1) is 8.47. The number of rotatable bonds is 5. The summed E-state index contributed by atoms with van der Waals surface area (Å²) in [4.78, 5) is 10.6. The number of carboxylic acids is 1. The molecule has 0 amide bonds. The van der Waals surface area contributed by atoms with Crippen LogP contribution in [0.15, 0.2) is 18.2 Å². The zero-order chi connectivity index (χ0) is 13.7. The van der Waals surface area contributed by atoms with Crippen molar-refractivity contribution in [3.63, 3.8) is 0 Å². The first kappa shape index (κ1) is 14.3. The zero-order valence-electron chi connectivity index (χ0n) is 11.4.